The number of aromatic nitrogens is 1. The Hall–Kier alpha value is -1.56. The summed E-state index contributed by atoms with van der Waals surface area (Å²) in [5.41, 5.74) is 1.04. The van der Waals surface area contributed by atoms with Crippen LogP contribution in [0.25, 0.3) is 10.9 Å². The Morgan fingerprint density at radius 1 is 1.22 bits per heavy atom. The second kappa shape index (κ2) is 7.34. The lowest BCUT2D eigenvalue weighted by Crippen LogP contribution is -2.50. The number of benzene rings is 1. The third kappa shape index (κ3) is 3.86. The zero-order chi connectivity index (χ0) is 16.2. The van der Waals surface area contributed by atoms with Crippen molar-refractivity contribution in [2.24, 2.45) is 0 Å². The van der Waals surface area contributed by atoms with Gasteiger partial charge in [-0.2, -0.15) is 0 Å². The van der Waals surface area contributed by atoms with Gasteiger partial charge in [0.1, 0.15) is 6.54 Å². The molecule has 0 bridgehead atoms. The number of rotatable bonds is 5. The van der Waals surface area contributed by atoms with Gasteiger partial charge in [0.25, 0.3) is 0 Å². The van der Waals surface area contributed by atoms with Gasteiger partial charge in [-0.25, -0.2) is 0 Å². The van der Waals surface area contributed by atoms with Gasteiger partial charge in [-0.15, -0.1) is 0 Å². The molecule has 0 unspecified atom stereocenters. The van der Waals surface area contributed by atoms with Gasteiger partial charge in [0.15, 0.2) is 0 Å². The van der Waals surface area contributed by atoms with E-state index in [0.717, 1.165) is 50.2 Å². The number of hydrogen-bond donors (Lipinski definition) is 0. The molecular weight excluding hydrogens is 314 g/mol. The average Bonchev–Trinajstić information content (AvgIpc) is 2.95. The minimum atomic E-state index is 0.170. The number of carbonyl (C=O) groups excluding carboxylic acids is 1. The standard InChI is InChI=1S/C17H22ClN3O2/c1-23-11-10-19-6-8-20(9-7-19)17(22)13-21-5-4-14-12-15(18)2-3-16(14)21/h2-5,12H,6-11,13H2,1H3. The van der Waals surface area contributed by atoms with E-state index in [9.17, 15) is 4.79 Å². The highest BCUT2D eigenvalue weighted by Gasteiger charge is 2.21. The number of piperazine rings is 1. The first-order valence-electron chi connectivity index (χ1n) is 7.91. The van der Waals surface area contributed by atoms with Gasteiger partial charge in [-0.05, 0) is 24.3 Å². The van der Waals surface area contributed by atoms with Crippen LogP contribution in [0.2, 0.25) is 5.02 Å². The number of hydrogen-bond acceptors (Lipinski definition) is 3. The Labute approximate surface area is 141 Å². The predicted octanol–water partition coefficient (Wildman–Crippen LogP) is 2.09. The molecule has 1 aromatic heterocycles. The number of fused-ring (bicyclic) bond motifs is 1. The summed E-state index contributed by atoms with van der Waals surface area (Å²) in [7, 11) is 1.72. The molecule has 0 saturated carbocycles. The number of methoxy groups -OCH3 is 1. The molecule has 1 aliphatic rings. The van der Waals surface area contributed by atoms with Crippen LogP contribution >= 0.6 is 11.6 Å². The molecule has 124 valence electrons. The number of carbonyl (C=O) groups is 1. The minimum Gasteiger partial charge on any atom is -0.383 e. The van der Waals surface area contributed by atoms with Crippen molar-refractivity contribution in [2.45, 2.75) is 6.54 Å². The smallest absolute Gasteiger partial charge is 0.242 e. The second-order valence-electron chi connectivity index (χ2n) is 5.86. The first-order valence-corrected chi connectivity index (χ1v) is 8.28. The second-order valence-corrected chi connectivity index (χ2v) is 6.30. The van der Waals surface area contributed by atoms with Crippen molar-refractivity contribution >= 4 is 28.4 Å². The van der Waals surface area contributed by atoms with Crippen LogP contribution in [0.5, 0.6) is 0 Å². The number of ether oxygens (including phenoxy) is 1. The van der Waals surface area contributed by atoms with Crippen LogP contribution in [-0.4, -0.2) is 66.7 Å². The van der Waals surface area contributed by atoms with Crippen molar-refractivity contribution in [2.75, 3.05) is 46.4 Å². The fraction of sp³-hybridized carbons (Fsp3) is 0.471. The topological polar surface area (TPSA) is 37.7 Å². The van der Waals surface area contributed by atoms with Crippen molar-refractivity contribution in [1.29, 1.82) is 0 Å². The van der Waals surface area contributed by atoms with Gasteiger partial charge in [0, 0.05) is 62.0 Å². The number of nitrogens with zero attached hydrogens (tertiary/aromatic N) is 3. The molecule has 6 heteroatoms. The van der Waals surface area contributed by atoms with Crippen molar-refractivity contribution in [3.05, 3.63) is 35.5 Å². The third-order valence-electron chi connectivity index (χ3n) is 4.38. The summed E-state index contributed by atoms with van der Waals surface area (Å²) in [6.07, 6.45) is 1.95. The zero-order valence-corrected chi connectivity index (χ0v) is 14.1. The third-order valence-corrected chi connectivity index (χ3v) is 4.61. The lowest BCUT2D eigenvalue weighted by atomic mass is 10.2. The Balaban J connectivity index is 1.59. The Bertz CT molecular complexity index is 678. The van der Waals surface area contributed by atoms with Gasteiger partial charge in [-0.3, -0.25) is 9.69 Å². The van der Waals surface area contributed by atoms with Crippen LogP contribution in [0.1, 0.15) is 0 Å². The first-order chi connectivity index (χ1) is 11.2. The van der Waals surface area contributed by atoms with Crippen LogP contribution in [0.4, 0.5) is 0 Å². The largest absolute Gasteiger partial charge is 0.383 e. The molecule has 5 nitrogen and oxygen atoms in total. The van der Waals surface area contributed by atoms with E-state index in [2.05, 4.69) is 4.90 Å². The van der Waals surface area contributed by atoms with Crippen molar-refractivity contribution < 1.29 is 9.53 Å². The maximum absolute atomic E-state index is 12.5. The molecule has 0 N–H and O–H groups in total. The van der Waals surface area contributed by atoms with Crippen LogP contribution < -0.4 is 0 Å². The van der Waals surface area contributed by atoms with E-state index in [-0.39, 0.29) is 5.91 Å². The molecule has 0 radical (unpaired) electrons. The molecule has 1 fully saturated rings. The van der Waals surface area contributed by atoms with Crippen molar-refractivity contribution in [1.82, 2.24) is 14.4 Å². The van der Waals surface area contributed by atoms with E-state index < -0.39 is 0 Å². The van der Waals surface area contributed by atoms with Gasteiger partial charge < -0.3 is 14.2 Å². The van der Waals surface area contributed by atoms with E-state index in [1.54, 1.807) is 7.11 Å². The molecule has 0 atom stereocenters. The molecular formula is C17H22ClN3O2. The Morgan fingerprint density at radius 3 is 2.74 bits per heavy atom. The van der Waals surface area contributed by atoms with Crippen molar-refractivity contribution in [3.63, 3.8) is 0 Å². The van der Waals surface area contributed by atoms with Crippen LogP contribution in [-0.2, 0) is 16.1 Å². The summed E-state index contributed by atoms with van der Waals surface area (Å²) in [5, 5.41) is 1.78. The maximum atomic E-state index is 12.5. The molecule has 1 amide bonds. The van der Waals surface area contributed by atoms with Gasteiger partial charge in [-0.1, -0.05) is 11.6 Å². The first kappa shape index (κ1) is 16.3. The average molecular weight is 336 g/mol. The van der Waals surface area contributed by atoms with E-state index in [1.807, 2.05) is 39.9 Å². The van der Waals surface area contributed by atoms with E-state index in [1.165, 1.54) is 0 Å². The molecule has 1 aromatic carbocycles. The zero-order valence-electron chi connectivity index (χ0n) is 13.4. The van der Waals surface area contributed by atoms with Gasteiger partial charge in [0.05, 0.1) is 6.61 Å². The lowest BCUT2D eigenvalue weighted by Gasteiger charge is -2.34. The number of halogens is 1. The normalized spacial score (nSPS) is 16.2. The quantitative estimate of drug-likeness (QED) is 0.839. The highest BCUT2D eigenvalue weighted by Crippen LogP contribution is 2.20. The fourth-order valence-corrected chi connectivity index (χ4v) is 3.18. The highest BCUT2D eigenvalue weighted by molar-refractivity contribution is 6.31. The molecule has 3 rings (SSSR count). The summed E-state index contributed by atoms with van der Waals surface area (Å²) in [4.78, 5) is 16.8. The van der Waals surface area contributed by atoms with Crippen molar-refractivity contribution in [3.8, 4) is 0 Å². The van der Waals surface area contributed by atoms with E-state index in [0.29, 0.717) is 11.6 Å². The summed E-state index contributed by atoms with van der Waals surface area (Å²) in [6, 6.07) is 7.75. The summed E-state index contributed by atoms with van der Waals surface area (Å²) in [5.74, 6) is 0.170. The number of amides is 1. The highest BCUT2D eigenvalue weighted by atomic mass is 35.5. The van der Waals surface area contributed by atoms with Gasteiger partial charge >= 0.3 is 0 Å². The molecule has 2 heterocycles. The minimum absolute atomic E-state index is 0.170. The van der Waals surface area contributed by atoms with Crippen LogP contribution in [0, 0.1) is 0 Å². The molecule has 0 spiro atoms. The Morgan fingerprint density at radius 2 is 2.00 bits per heavy atom. The van der Waals surface area contributed by atoms with E-state index in [4.69, 9.17) is 16.3 Å². The fourth-order valence-electron chi connectivity index (χ4n) is 3.00. The van der Waals surface area contributed by atoms with Gasteiger partial charge in [0.2, 0.25) is 5.91 Å². The van der Waals surface area contributed by atoms with Crippen LogP contribution in [0.3, 0.4) is 0 Å². The molecule has 2 aromatic rings. The molecule has 0 aliphatic carbocycles. The monoisotopic (exact) mass is 335 g/mol. The summed E-state index contributed by atoms with van der Waals surface area (Å²) in [6.45, 7) is 5.45. The predicted molar refractivity (Wildman–Crippen MR) is 91.8 cm³/mol. The SMILES string of the molecule is COCCN1CCN(C(=O)Cn2ccc3cc(Cl)ccc32)CC1. The molecule has 1 aliphatic heterocycles. The summed E-state index contributed by atoms with van der Waals surface area (Å²) >= 11 is 6.01. The maximum Gasteiger partial charge on any atom is 0.242 e. The lowest BCUT2D eigenvalue weighted by molar-refractivity contribution is -0.133. The summed E-state index contributed by atoms with van der Waals surface area (Å²) < 4.78 is 7.09. The molecule has 23 heavy (non-hydrogen) atoms. The van der Waals surface area contributed by atoms with Crippen LogP contribution in [0.15, 0.2) is 30.5 Å². The van der Waals surface area contributed by atoms with E-state index >= 15 is 0 Å². The Kier molecular flexibility index (Phi) is 5.20. The molecule has 1 saturated heterocycles.